The van der Waals surface area contributed by atoms with Crippen LogP contribution in [0.4, 0.5) is 0 Å². The second-order valence-corrected chi connectivity index (χ2v) is 6.34. The molecule has 2 rings (SSSR count). The van der Waals surface area contributed by atoms with Crippen molar-refractivity contribution in [1.82, 2.24) is 0 Å². The van der Waals surface area contributed by atoms with E-state index in [2.05, 4.69) is 31.2 Å². The predicted octanol–water partition coefficient (Wildman–Crippen LogP) is 5.90. The molecule has 2 aliphatic carbocycles. The SMILES string of the molecule is CCCCCCCCCC1CC2C=CC=CC2C1. The fourth-order valence-corrected chi connectivity index (χ4v) is 3.70. The summed E-state index contributed by atoms with van der Waals surface area (Å²) >= 11 is 0. The number of fused-ring (bicyclic) bond motifs is 1. The van der Waals surface area contributed by atoms with Crippen molar-refractivity contribution in [2.75, 3.05) is 0 Å². The molecule has 0 heteroatoms. The number of hydrogen-bond acceptors (Lipinski definition) is 0. The van der Waals surface area contributed by atoms with Gasteiger partial charge in [-0.2, -0.15) is 0 Å². The highest BCUT2D eigenvalue weighted by Gasteiger charge is 2.31. The Bertz CT molecular complexity index is 254. The van der Waals surface area contributed by atoms with Crippen LogP contribution in [0.25, 0.3) is 0 Å². The minimum absolute atomic E-state index is 0.879. The lowest BCUT2D eigenvalue weighted by Gasteiger charge is -2.13. The largest absolute Gasteiger partial charge is 0.0808 e. The molecule has 0 aromatic heterocycles. The number of unbranched alkanes of at least 4 members (excludes halogenated alkanes) is 6. The van der Waals surface area contributed by atoms with Gasteiger partial charge in [0.25, 0.3) is 0 Å². The van der Waals surface area contributed by atoms with Gasteiger partial charge in [0.15, 0.2) is 0 Å². The molecule has 0 aromatic carbocycles. The van der Waals surface area contributed by atoms with Crippen LogP contribution in [0.15, 0.2) is 24.3 Å². The number of hydrogen-bond donors (Lipinski definition) is 0. The van der Waals surface area contributed by atoms with Crippen molar-refractivity contribution in [2.24, 2.45) is 17.8 Å². The highest BCUT2D eigenvalue weighted by Crippen LogP contribution is 2.41. The van der Waals surface area contributed by atoms with Gasteiger partial charge in [-0.3, -0.25) is 0 Å². The summed E-state index contributed by atoms with van der Waals surface area (Å²) in [4.78, 5) is 0. The van der Waals surface area contributed by atoms with Gasteiger partial charge in [0.1, 0.15) is 0 Å². The zero-order valence-electron chi connectivity index (χ0n) is 12.1. The smallest absolute Gasteiger partial charge is 0.0165 e. The third kappa shape index (κ3) is 4.30. The molecule has 102 valence electrons. The normalized spacial score (nSPS) is 29.7. The topological polar surface area (TPSA) is 0 Å². The van der Waals surface area contributed by atoms with Crippen molar-refractivity contribution in [2.45, 2.75) is 71.1 Å². The third-order valence-electron chi connectivity index (χ3n) is 4.80. The maximum atomic E-state index is 2.44. The Morgan fingerprint density at radius 3 is 1.94 bits per heavy atom. The zero-order valence-corrected chi connectivity index (χ0v) is 12.1. The van der Waals surface area contributed by atoms with E-state index in [-0.39, 0.29) is 0 Å². The Morgan fingerprint density at radius 2 is 1.33 bits per heavy atom. The van der Waals surface area contributed by atoms with E-state index in [4.69, 9.17) is 0 Å². The maximum Gasteiger partial charge on any atom is -0.0165 e. The summed E-state index contributed by atoms with van der Waals surface area (Å²) in [5, 5.41) is 0. The van der Waals surface area contributed by atoms with Gasteiger partial charge in [0, 0.05) is 0 Å². The first-order chi connectivity index (χ1) is 8.90. The summed E-state index contributed by atoms with van der Waals surface area (Å²) in [7, 11) is 0. The van der Waals surface area contributed by atoms with E-state index in [1.165, 1.54) is 64.2 Å². The molecule has 0 N–H and O–H groups in total. The molecule has 2 atom stereocenters. The van der Waals surface area contributed by atoms with E-state index in [9.17, 15) is 0 Å². The molecular weight excluding hydrogens is 216 g/mol. The van der Waals surface area contributed by atoms with E-state index < -0.39 is 0 Å². The van der Waals surface area contributed by atoms with Crippen LogP contribution in [-0.4, -0.2) is 0 Å². The third-order valence-corrected chi connectivity index (χ3v) is 4.80. The fourth-order valence-electron chi connectivity index (χ4n) is 3.70. The van der Waals surface area contributed by atoms with Crippen LogP contribution in [-0.2, 0) is 0 Å². The fraction of sp³-hybridized carbons (Fsp3) is 0.778. The first kappa shape index (κ1) is 13.9. The Balaban J connectivity index is 1.50. The second-order valence-electron chi connectivity index (χ2n) is 6.34. The first-order valence-corrected chi connectivity index (χ1v) is 8.25. The van der Waals surface area contributed by atoms with Crippen molar-refractivity contribution in [3.8, 4) is 0 Å². The van der Waals surface area contributed by atoms with E-state index in [0.29, 0.717) is 0 Å². The average Bonchev–Trinajstić information content (AvgIpc) is 2.80. The summed E-state index contributed by atoms with van der Waals surface area (Å²) in [5.74, 6) is 2.78. The molecule has 0 amide bonds. The van der Waals surface area contributed by atoms with E-state index in [1.54, 1.807) is 0 Å². The summed E-state index contributed by atoms with van der Waals surface area (Å²) in [6.07, 6.45) is 23.9. The number of rotatable bonds is 8. The van der Waals surface area contributed by atoms with Crippen LogP contribution in [0.5, 0.6) is 0 Å². The van der Waals surface area contributed by atoms with Crippen LogP contribution in [0.2, 0.25) is 0 Å². The van der Waals surface area contributed by atoms with Gasteiger partial charge in [0.2, 0.25) is 0 Å². The highest BCUT2D eigenvalue weighted by molar-refractivity contribution is 5.16. The van der Waals surface area contributed by atoms with Crippen molar-refractivity contribution < 1.29 is 0 Å². The minimum atomic E-state index is 0.879. The predicted molar refractivity (Wildman–Crippen MR) is 80.6 cm³/mol. The van der Waals surface area contributed by atoms with Gasteiger partial charge in [0.05, 0.1) is 0 Å². The summed E-state index contributed by atoms with van der Waals surface area (Å²) in [6.45, 7) is 2.29. The van der Waals surface area contributed by atoms with Crippen molar-refractivity contribution in [3.05, 3.63) is 24.3 Å². The molecular formula is C18H30. The minimum Gasteiger partial charge on any atom is -0.0808 e. The monoisotopic (exact) mass is 246 g/mol. The van der Waals surface area contributed by atoms with Crippen LogP contribution in [0.1, 0.15) is 71.1 Å². The Hall–Kier alpha value is -0.520. The second kappa shape index (κ2) is 7.81. The maximum absolute atomic E-state index is 2.44. The summed E-state index contributed by atoms with van der Waals surface area (Å²) < 4.78 is 0. The van der Waals surface area contributed by atoms with Gasteiger partial charge in [-0.15, -0.1) is 0 Å². The molecule has 0 saturated heterocycles. The quantitative estimate of drug-likeness (QED) is 0.468. The van der Waals surface area contributed by atoms with Gasteiger partial charge in [-0.1, -0.05) is 82.6 Å². The van der Waals surface area contributed by atoms with Gasteiger partial charge < -0.3 is 0 Å². The van der Waals surface area contributed by atoms with Gasteiger partial charge >= 0.3 is 0 Å². The highest BCUT2D eigenvalue weighted by atomic mass is 14.4. The molecule has 0 aromatic rings. The van der Waals surface area contributed by atoms with E-state index in [1.807, 2.05) is 0 Å². The van der Waals surface area contributed by atoms with Crippen LogP contribution in [0.3, 0.4) is 0 Å². The molecule has 1 fully saturated rings. The molecule has 0 heterocycles. The Morgan fingerprint density at radius 1 is 0.778 bits per heavy atom. The van der Waals surface area contributed by atoms with Crippen molar-refractivity contribution in [1.29, 1.82) is 0 Å². The Labute approximate surface area is 114 Å². The van der Waals surface area contributed by atoms with Crippen molar-refractivity contribution >= 4 is 0 Å². The van der Waals surface area contributed by atoms with Gasteiger partial charge in [-0.25, -0.2) is 0 Å². The number of allylic oxidation sites excluding steroid dienone is 4. The van der Waals surface area contributed by atoms with Crippen LogP contribution < -0.4 is 0 Å². The Kier molecular flexibility index (Phi) is 6.04. The van der Waals surface area contributed by atoms with Crippen LogP contribution >= 0.6 is 0 Å². The van der Waals surface area contributed by atoms with Crippen molar-refractivity contribution in [3.63, 3.8) is 0 Å². The molecule has 2 aliphatic rings. The lowest BCUT2D eigenvalue weighted by molar-refractivity contribution is 0.451. The first-order valence-electron chi connectivity index (χ1n) is 8.25. The summed E-state index contributed by atoms with van der Waals surface area (Å²) in [5.41, 5.74) is 0. The molecule has 0 radical (unpaired) electrons. The molecule has 0 spiro atoms. The molecule has 18 heavy (non-hydrogen) atoms. The van der Waals surface area contributed by atoms with Gasteiger partial charge in [-0.05, 0) is 30.6 Å². The van der Waals surface area contributed by atoms with Crippen LogP contribution in [0, 0.1) is 17.8 Å². The molecule has 0 nitrogen and oxygen atoms in total. The molecule has 2 unspecified atom stereocenters. The standard InChI is InChI=1S/C18H30/c1-2-3-4-5-6-7-8-11-16-14-17-12-9-10-13-18(17)15-16/h9-10,12-13,16-18H,2-8,11,14-15H2,1H3. The lowest BCUT2D eigenvalue weighted by atomic mass is 9.92. The van der Waals surface area contributed by atoms with E-state index in [0.717, 1.165) is 17.8 Å². The molecule has 1 saturated carbocycles. The average molecular weight is 246 g/mol. The molecule has 0 aliphatic heterocycles. The zero-order chi connectivity index (χ0) is 12.6. The summed E-state index contributed by atoms with van der Waals surface area (Å²) in [6, 6.07) is 0. The van der Waals surface area contributed by atoms with E-state index >= 15 is 0 Å². The lowest BCUT2D eigenvalue weighted by Crippen LogP contribution is -2.03. The molecule has 0 bridgehead atoms.